The van der Waals surface area contributed by atoms with Crippen LogP contribution in [-0.2, 0) is 0 Å². The van der Waals surface area contributed by atoms with Gasteiger partial charge in [-0.05, 0) is 23.8 Å². The number of nitrogens with zero attached hydrogens (tertiary/aromatic N) is 1. The van der Waals surface area contributed by atoms with E-state index in [1.54, 1.807) is 30.6 Å². The molecule has 3 rings (SSSR count). The van der Waals surface area contributed by atoms with Crippen molar-refractivity contribution >= 4 is 16.9 Å². The second-order valence-corrected chi connectivity index (χ2v) is 3.84. The van der Waals surface area contributed by atoms with Gasteiger partial charge in [0.2, 0.25) is 5.76 Å². The van der Waals surface area contributed by atoms with E-state index in [1.165, 1.54) is 0 Å². The number of carboxylic acid groups (broad SMARTS) is 1. The molecule has 0 radical (unpaired) electrons. The first-order chi connectivity index (χ1) is 8.77. The number of furan rings is 1. The number of aromatic carboxylic acids is 1. The number of carbonyl (C=O) groups is 1. The molecule has 4 nitrogen and oxygen atoms in total. The Morgan fingerprint density at radius 1 is 1.11 bits per heavy atom. The van der Waals surface area contributed by atoms with Crippen LogP contribution in [0, 0.1) is 0 Å². The molecule has 0 unspecified atom stereocenters. The summed E-state index contributed by atoms with van der Waals surface area (Å²) in [6.45, 7) is 0. The number of benzene rings is 1. The van der Waals surface area contributed by atoms with E-state index in [0.717, 1.165) is 10.9 Å². The summed E-state index contributed by atoms with van der Waals surface area (Å²) < 4.78 is 5.40. The molecule has 1 N–H and O–H groups in total. The summed E-state index contributed by atoms with van der Waals surface area (Å²) in [4.78, 5) is 15.2. The molecule has 0 aliphatic carbocycles. The topological polar surface area (TPSA) is 63.3 Å². The largest absolute Gasteiger partial charge is 0.475 e. The third-order valence-electron chi connectivity index (χ3n) is 2.76. The molecule has 0 bridgehead atoms. The maximum absolute atomic E-state index is 11.3. The molecular weight excluding hydrogens is 230 g/mol. The number of pyridine rings is 1. The summed E-state index contributed by atoms with van der Waals surface area (Å²) in [5.74, 6) is -1.11. The van der Waals surface area contributed by atoms with Crippen molar-refractivity contribution < 1.29 is 14.3 Å². The van der Waals surface area contributed by atoms with E-state index in [4.69, 9.17) is 4.42 Å². The normalized spacial score (nSPS) is 10.7. The standard InChI is InChI=1S/C14H9NO3/c16-14(17)13-12(9-5-7-15-8-6-9)10-3-1-2-4-11(10)18-13/h1-8H,(H,16,17). The molecule has 2 aromatic heterocycles. The lowest BCUT2D eigenvalue weighted by Gasteiger charge is -1.99. The van der Waals surface area contributed by atoms with Crippen molar-refractivity contribution in [3.63, 3.8) is 0 Å². The summed E-state index contributed by atoms with van der Waals surface area (Å²) in [5.41, 5.74) is 1.95. The van der Waals surface area contributed by atoms with Crippen LogP contribution in [0.3, 0.4) is 0 Å². The highest BCUT2D eigenvalue weighted by atomic mass is 16.4. The van der Waals surface area contributed by atoms with E-state index in [9.17, 15) is 9.90 Å². The zero-order valence-electron chi connectivity index (χ0n) is 9.33. The molecule has 18 heavy (non-hydrogen) atoms. The Morgan fingerprint density at radius 3 is 2.56 bits per heavy atom. The van der Waals surface area contributed by atoms with Crippen LogP contribution in [0.4, 0.5) is 0 Å². The zero-order chi connectivity index (χ0) is 12.5. The summed E-state index contributed by atoms with van der Waals surface area (Å²) >= 11 is 0. The highest BCUT2D eigenvalue weighted by Crippen LogP contribution is 2.34. The van der Waals surface area contributed by atoms with Gasteiger partial charge in [-0.1, -0.05) is 18.2 Å². The molecule has 0 saturated heterocycles. The second kappa shape index (κ2) is 4.00. The van der Waals surface area contributed by atoms with Gasteiger partial charge in [-0.25, -0.2) is 4.79 Å². The fourth-order valence-electron chi connectivity index (χ4n) is 2.00. The number of carboxylic acids is 1. The summed E-state index contributed by atoms with van der Waals surface area (Å²) in [5, 5.41) is 10.0. The maximum atomic E-state index is 11.3. The molecular formula is C14H9NO3. The van der Waals surface area contributed by atoms with Gasteiger partial charge in [0.15, 0.2) is 0 Å². The molecule has 1 aromatic carbocycles. The van der Waals surface area contributed by atoms with E-state index in [2.05, 4.69) is 4.98 Å². The number of para-hydroxylation sites is 1. The lowest BCUT2D eigenvalue weighted by atomic mass is 10.0. The van der Waals surface area contributed by atoms with E-state index in [1.807, 2.05) is 18.2 Å². The fourth-order valence-corrected chi connectivity index (χ4v) is 2.00. The fraction of sp³-hybridized carbons (Fsp3) is 0. The average Bonchev–Trinajstić information content (AvgIpc) is 2.79. The lowest BCUT2D eigenvalue weighted by molar-refractivity contribution is 0.0666. The Morgan fingerprint density at radius 2 is 1.83 bits per heavy atom. The second-order valence-electron chi connectivity index (χ2n) is 3.84. The molecule has 0 fully saturated rings. The molecule has 0 aliphatic heterocycles. The Labute approximate surface area is 103 Å². The molecule has 3 aromatic rings. The third-order valence-corrected chi connectivity index (χ3v) is 2.76. The van der Waals surface area contributed by atoms with Gasteiger partial charge in [0, 0.05) is 23.3 Å². The van der Waals surface area contributed by atoms with Crippen LogP contribution >= 0.6 is 0 Å². The molecule has 0 aliphatic rings. The van der Waals surface area contributed by atoms with Gasteiger partial charge in [-0.3, -0.25) is 4.98 Å². The Balaban J connectivity index is 2.38. The van der Waals surface area contributed by atoms with Gasteiger partial charge >= 0.3 is 5.97 Å². The van der Waals surface area contributed by atoms with Crippen molar-refractivity contribution in [1.82, 2.24) is 4.98 Å². The third kappa shape index (κ3) is 1.55. The van der Waals surface area contributed by atoms with Crippen molar-refractivity contribution in [3.05, 3.63) is 54.6 Å². The SMILES string of the molecule is O=C(O)c1oc2ccccc2c1-c1ccncc1. The molecule has 0 amide bonds. The van der Waals surface area contributed by atoms with Gasteiger partial charge in [0.05, 0.1) is 0 Å². The van der Waals surface area contributed by atoms with Crippen LogP contribution in [0.2, 0.25) is 0 Å². The summed E-state index contributed by atoms with van der Waals surface area (Å²) in [7, 11) is 0. The average molecular weight is 239 g/mol. The Bertz CT molecular complexity index is 716. The number of aromatic nitrogens is 1. The monoisotopic (exact) mass is 239 g/mol. The minimum Gasteiger partial charge on any atom is -0.475 e. The summed E-state index contributed by atoms with van der Waals surface area (Å²) in [6.07, 6.45) is 3.26. The maximum Gasteiger partial charge on any atom is 0.372 e. The first-order valence-electron chi connectivity index (χ1n) is 5.42. The summed E-state index contributed by atoms with van der Waals surface area (Å²) in [6, 6.07) is 10.8. The van der Waals surface area contributed by atoms with Gasteiger partial charge in [-0.2, -0.15) is 0 Å². The van der Waals surface area contributed by atoms with Crippen LogP contribution in [0.1, 0.15) is 10.6 Å². The predicted octanol–water partition coefficient (Wildman–Crippen LogP) is 3.19. The van der Waals surface area contributed by atoms with Crippen LogP contribution in [0.15, 0.2) is 53.2 Å². The lowest BCUT2D eigenvalue weighted by Crippen LogP contribution is -1.96. The minimum atomic E-state index is -1.07. The molecule has 4 heteroatoms. The highest BCUT2D eigenvalue weighted by Gasteiger charge is 2.20. The van der Waals surface area contributed by atoms with Crippen LogP contribution in [0.5, 0.6) is 0 Å². The number of rotatable bonds is 2. The highest BCUT2D eigenvalue weighted by molar-refractivity contribution is 6.05. The minimum absolute atomic E-state index is 0.0394. The predicted molar refractivity (Wildman–Crippen MR) is 66.4 cm³/mol. The van der Waals surface area contributed by atoms with Gasteiger partial charge in [0.25, 0.3) is 0 Å². The van der Waals surface area contributed by atoms with Crippen molar-refractivity contribution in [2.24, 2.45) is 0 Å². The molecule has 88 valence electrons. The quantitative estimate of drug-likeness (QED) is 0.745. The zero-order valence-corrected chi connectivity index (χ0v) is 9.33. The molecule has 0 saturated carbocycles. The van der Waals surface area contributed by atoms with Crippen molar-refractivity contribution in [1.29, 1.82) is 0 Å². The van der Waals surface area contributed by atoms with Gasteiger partial charge in [0.1, 0.15) is 5.58 Å². The van der Waals surface area contributed by atoms with Crippen LogP contribution < -0.4 is 0 Å². The smallest absolute Gasteiger partial charge is 0.372 e. The Hall–Kier alpha value is -2.62. The molecule has 0 spiro atoms. The number of hydrogen-bond acceptors (Lipinski definition) is 3. The van der Waals surface area contributed by atoms with Gasteiger partial charge in [-0.15, -0.1) is 0 Å². The van der Waals surface area contributed by atoms with Crippen molar-refractivity contribution in [3.8, 4) is 11.1 Å². The molecule has 0 atom stereocenters. The van der Waals surface area contributed by atoms with Gasteiger partial charge < -0.3 is 9.52 Å². The van der Waals surface area contributed by atoms with Crippen molar-refractivity contribution in [2.75, 3.05) is 0 Å². The van der Waals surface area contributed by atoms with E-state index in [0.29, 0.717) is 11.1 Å². The van der Waals surface area contributed by atoms with E-state index >= 15 is 0 Å². The van der Waals surface area contributed by atoms with Crippen LogP contribution in [-0.4, -0.2) is 16.1 Å². The Kier molecular flexibility index (Phi) is 2.34. The van der Waals surface area contributed by atoms with Crippen molar-refractivity contribution in [2.45, 2.75) is 0 Å². The number of hydrogen-bond donors (Lipinski definition) is 1. The van der Waals surface area contributed by atoms with E-state index in [-0.39, 0.29) is 5.76 Å². The number of fused-ring (bicyclic) bond motifs is 1. The molecule has 2 heterocycles. The van der Waals surface area contributed by atoms with E-state index < -0.39 is 5.97 Å². The van der Waals surface area contributed by atoms with Crippen LogP contribution in [0.25, 0.3) is 22.1 Å². The first kappa shape index (κ1) is 10.5. The first-order valence-corrected chi connectivity index (χ1v) is 5.42.